The largest absolute Gasteiger partial charge is 0.364 e. The summed E-state index contributed by atoms with van der Waals surface area (Å²) in [5.74, 6) is 0.873. The van der Waals surface area contributed by atoms with E-state index in [1.165, 1.54) is 11.5 Å². The SMILES string of the molecule is CCc1nsc(NCc2ccon2)n1. The van der Waals surface area contributed by atoms with Crippen molar-refractivity contribution in [2.24, 2.45) is 0 Å². The van der Waals surface area contributed by atoms with E-state index < -0.39 is 0 Å². The van der Waals surface area contributed by atoms with E-state index in [1.807, 2.05) is 13.0 Å². The predicted octanol–water partition coefficient (Wildman–Crippen LogP) is 1.70. The van der Waals surface area contributed by atoms with Crippen molar-refractivity contribution >= 4 is 16.7 Å². The van der Waals surface area contributed by atoms with E-state index >= 15 is 0 Å². The summed E-state index contributed by atoms with van der Waals surface area (Å²) in [6.07, 6.45) is 2.41. The molecule has 0 aliphatic heterocycles. The highest BCUT2D eigenvalue weighted by atomic mass is 32.1. The Hall–Kier alpha value is -1.43. The number of aromatic nitrogens is 3. The Labute approximate surface area is 85.3 Å². The Balaban J connectivity index is 1.92. The van der Waals surface area contributed by atoms with Gasteiger partial charge in [0, 0.05) is 24.0 Å². The maximum Gasteiger partial charge on any atom is 0.202 e. The first-order chi connectivity index (χ1) is 6.88. The summed E-state index contributed by atoms with van der Waals surface area (Å²) in [4.78, 5) is 4.27. The summed E-state index contributed by atoms with van der Waals surface area (Å²) in [6, 6.07) is 1.81. The summed E-state index contributed by atoms with van der Waals surface area (Å²) >= 11 is 1.37. The second kappa shape index (κ2) is 4.19. The average Bonchev–Trinajstić information content (AvgIpc) is 2.86. The Bertz CT molecular complexity index is 384. The molecule has 2 rings (SSSR count). The molecular formula is C8H10N4OS. The molecule has 2 heterocycles. The summed E-state index contributed by atoms with van der Waals surface area (Å²) in [6.45, 7) is 2.65. The highest BCUT2D eigenvalue weighted by Crippen LogP contribution is 2.12. The van der Waals surface area contributed by atoms with Crippen LogP contribution in [0.5, 0.6) is 0 Å². The van der Waals surface area contributed by atoms with Crippen LogP contribution in [0.25, 0.3) is 0 Å². The third kappa shape index (κ3) is 2.08. The molecule has 0 unspecified atom stereocenters. The van der Waals surface area contributed by atoms with Crippen molar-refractivity contribution in [3.05, 3.63) is 23.8 Å². The lowest BCUT2D eigenvalue weighted by Crippen LogP contribution is -1.99. The van der Waals surface area contributed by atoms with Gasteiger partial charge in [0.25, 0.3) is 0 Å². The van der Waals surface area contributed by atoms with Crippen molar-refractivity contribution in [1.82, 2.24) is 14.5 Å². The Morgan fingerprint density at radius 1 is 1.57 bits per heavy atom. The fourth-order valence-corrected chi connectivity index (χ4v) is 1.61. The first-order valence-electron chi connectivity index (χ1n) is 4.34. The quantitative estimate of drug-likeness (QED) is 0.832. The van der Waals surface area contributed by atoms with Crippen LogP contribution in [0.2, 0.25) is 0 Å². The smallest absolute Gasteiger partial charge is 0.202 e. The van der Waals surface area contributed by atoms with E-state index in [2.05, 4.69) is 19.8 Å². The highest BCUT2D eigenvalue weighted by molar-refractivity contribution is 7.09. The van der Waals surface area contributed by atoms with Crippen molar-refractivity contribution in [2.45, 2.75) is 19.9 Å². The van der Waals surface area contributed by atoms with Gasteiger partial charge in [0.1, 0.15) is 17.8 Å². The van der Waals surface area contributed by atoms with Crippen molar-refractivity contribution in [1.29, 1.82) is 0 Å². The molecule has 0 aromatic carbocycles. The number of anilines is 1. The lowest BCUT2D eigenvalue weighted by atomic mass is 10.4. The van der Waals surface area contributed by atoms with Gasteiger partial charge in [0.2, 0.25) is 5.13 Å². The maximum atomic E-state index is 4.71. The van der Waals surface area contributed by atoms with Crippen LogP contribution >= 0.6 is 11.5 Å². The second-order valence-corrected chi connectivity index (χ2v) is 3.47. The Kier molecular flexibility index (Phi) is 2.73. The molecule has 2 aromatic rings. The van der Waals surface area contributed by atoms with Crippen molar-refractivity contribution in [3.8, 4) is 0 Å². The molecule has 5 nitrogen and oxygen atoms in total. The zero-order valence-electron chi connectivity index (χ0n) is 7.73. The molecule has 0 saturated carbocycles. The number of aryl methyl sites for hydroxylation is 1. The minimum atomic E-state index is 0.620. The standard InChI is InChI=1S/C8H10N4OS/c1-2-7-10-8(14-12-7)9-5-6-3-4-13-11-6/h3-4H,2,5H2,1H3,(H,9,10,12). The van der Waals surface area contributed by atoms with Crippen LogP contribution in [-0.4, -0.2) is 14.5 Å². The molecule has 0 fully saturated rings. The lowest BCUT2D eigenvalue weighted by molar-refractivity contribution is 0.412. The normalized spacial score (nSPS) is 10.4. The van der Waals surface area contributed by atoms with Crippen molar-refractivity contribution < 1.29 is 4.52 Å². The molecule has 0 radical (unpaired) electrons. The minimum absolute atomic E-state index is 0.620. The van der Waals surface area contributed by atoms with E-state index in [9.17, 15) is 0 Å². The molecule has 1 N–H and O–H groups in total. The van der Waals surface area contributed by atoms with E-state index in [1.54, 1.807) is 6.26 Å². The van der Waals surface area contributed by atoms with Gasteiger partial charge in [-0.15, -0.1) is 0 Å². The van der Waals surface area contributed by atoms with Gasteiger partial charge in [0.15, 0.2) is 0 Å². The third-order valence-corrected chi connectivity index (χ3v) is 2.41. The Morgan fingerprint density at radius 2 is 2.50 bits per heavy atom. The number of hydrogen-bond acceptors (Lipinski definition) is 6. The molecule has 0 saturated heterocycles. The van der Waals surface area contributed by atoms with Crippen LogP contribution in [0, 0.1) is 0 Å². The van der Waals surface area contributed by atoms with Crippen LogP contribution in [-0.2, 0) is 13.0 Å². The van der Waals surface area contributed by atoms with Gasteiger partial charge < -0.3 is 9.84 Å². The molecule has 0 spiro atoms. The molecule has 0 amide bonds. The zero-order valence-corrected chi connectivity index (χ0v) is 8.54. The fourth-order valence-electron chi connectivity index (χ4n) is 0.964. The monoisotopic (exact) mass is 210 g/mol. The average molecular weight is 210 g/mol. The predicted molar refractivity (Wildman–Crippen MR) is 53.1 cm³/mol. The van der Waals surface area contributed by atoms with Crippen LogP contribution in [0.3, 0.4) is 0 Å². The molecule has 74 valence electrons. The molecule has 0 aliphatic rings. The van der Waals surface area contributed by atoms with Crippen LogP contribution in [0.15, 0.2) is 16.9 Å². The third-order valence-electron chi connectivity index (χ3n) is 1.70. The van der Waals surface area contributed by atoms with Gasteiger partial charge in [-0.3, -0.25) is 0 Å². The first-order valence-corrected chi connectivity index (χ1v) is 5.11. The molecule has 14 heavy (non-hydrogen) atoms. The number of rotatable bonds is 4. The van der Waals surface area contributed by atoms with Crippen molar-refractivity contribution in [3.63, 3.8) is 0 Å². The molecular weight excluding hydrogens is 200 g/mol. The summed E-state index contributed by atoms with van der Waals surface area (Å²) < 4.78 is 8.87. The fraction of sp³-hybridized carbons (Fsp3) is 0.375. The van der Waals surface area contributed by atoms with Gasteiger partial charge >= 0.3 is 0 Å². The van der Waals surface area contributed by atoms with Crippen molar-refractivity contribution in [2.75, 3.05) is 5.32 Å². The van der Waals surface area contributed by atoms with Crippen LogP contribution in [0.4, 0.5) is 5.13 Å². The highest BCUT2D eigenvalue weighted by Gasteiger charge is 2.02. The van der Waals surface area contributed by atoms with E-state index in [-0.39, 0.29) is 0 Å². The van der Waals surface area contributed by atoms with E-state index in [0.29, 0.717) is 6.54 Å². The molecule has 0 bridgehead atoms. The minimum Gasteiger partial charge on any atom is -0.364 e. The van der Waals surface area contributed by atoms with Gasteiger partial charge in [-0.05, 0) is 0 Å². The van der Waals surface area contributed by atoms with Gasteiger partial charge in [-0.1, -0.05) is 12.1 Å². The molecule has 6 heteroatoms. The lowest BCUT2D eigenvalue weighted by Gasteiger charge is -1.95. The maximum absolute atomic E-state index is 4.71. The van der Waals surface area contributed by atoms with Gasteiger partial charge in [-0.25, -0.2) is 4.98 Å². The first kappa shape index (κ1) is 9.14. The molecule has 0 aliphatic carbocycles. The van der Waals surface area contributed by atoms with Gasteiger partial charge in [0.05, 0.1) is 6.54 Å². The van der Waals surface area contributed by atoms with Crippen LogP contribution in [0.1, 0.15) is 18.4 Å². The topological polar surface area (TPSA) is 63.8 Å². The summed E-state index contributed by atoms with van der Waals surface area (Å²) in [5, 5.41) is 7.73. The Morgan fingerprint density at radius 3 is 3.14 bits per heavy atom. The zero-order chi connectivity index (χ0) is 9.80. The van der Waals surface area contributed by atoms with Gasteiger partial charge in [-0.2, -0.15) is 4.37 Å². The number of hydrogen-bond donors (Lipinski definition) is 1. The number of nitrogens with zero attached hydrogens (tertiary/aromatic N) is 3. The van der Waals surface area contributed by atoms with Crippen LogP contribution < -0.4 is 5.32 Å². The van der Waals surface area contributed by atoms with E-state index in [0.717, 1.165) is 23.1 Å². The second-order valence-electron chi connectivity index (χ2n) is 2.71. The molecule has 2 aromatic heterocycles. The van der Waals surface area contributed by atoms with E-state index in [4.69, 9.17) is 4.52 Å². The molecule has 0 atom stereocenters. The summed E-state index contributed by atoms with van der Waals surface area (Å²) in [7, 11) is 0. The number of nitrogens with one attached hydrogen (secondary N) is 1. The summed E-state index contributed by atoms with van der Waals surface area (Å²) in [5.41, 5.74) is 0.859.